The first-order chi connectivity index (χ1) is 9.60. The normalized spacial score (nSPS) is 21.8. The number of aryl methyl sites for hydroxylation is 1. The molecule has 1 aliphatic rings. The Morgan fingerprint density at radius 3 is 2.50 bits per heavy atom. The number of benzene rings is 1. The van der Waals surface area contributed by atoms with Gasteiger partial charge in [-0.25, -0.2) is 8.78 Å². The maximum Gasteiger partial charge on any atom is 0.133 e. The number of aromatic nitrogens is 1. The molecule has 3 rings (SSSR count). The minimum atomic E-state index is -0.505. The lowest BCUT2D eigenvalue weighted by atomic mass is 9.76. The monoisotopic (exact) mass is 278 g/mol. The number of nitrogens with zero attached hydrogens (tertiary/aromatic N) is 1. The van der Waals surface area contributed by atoms with E-state index in [-0.39, 0.29) is 5.92 Å². The van der Waals surface area contributed by atoms with E-state index in [0.717, 1.165) is 35.9 Å². The van der Waals surface area contributed by atoms with E-state index in [1.54, 1.807) is 0 Å². The van der Waals surface area contributed by atoms with Crippen molar-refractivity contribution in [1.82, 2.24) is 10.5 Å². The highest BCUT2D eigenvalue weighted by molar-refractivity contribution is 5.24. The van der Waals surface area contributed by atoms with Gasteiger partial charge in [0.15, 0.2) is 0 Å². The van der Waals surface area contributed by atoms with Gasteiger partial charge in [0.05, 0.1) is 5.69 Å². The molecule has 0 aliphatic heterocycles. The average Bonchev–Trinajstić information content (AvgIpc) is 2.71. The number of hydrogen-bond acceptors (Lipinski definition) is 3. The van der Waals surface area contributed by atoms with Crippen molar-refractivity contribution in [1.29, 1.82) is 0 Å². The molecule has 1 fully saturated rings. The molecule has 0 bridgehead atoms. The van der Waals surface area contributed by atoms with Crippen LogP contribution in [0.15, 0.2) is 28.8 Å². The van der Waals surface area contributed by atoms with Gasteiger partial charge in [0.1, 0.15) is 17.4 Å². The average molecular weight is 278 g/mol. The molecule has 1 N–H and O–H groups in total. The first-order valence-corrected chi connectivity index (χ1v) is 6.72. The Morgan fingerprint density at radius 1 is 1.20 bits per heavy atom. The summed E-state index contributed by atoms with van der Waals surface area (Å²) in [5.74, 6) is 0.0178. The topological polar surface area (TPSA) is 38.1 Å². The molecule has 0 spiro atoms. The molecule has 1 aromatic carbocycles. The second kappa shape index (κ2) is 5.32. The fourth-order valence-electron chi connectivity index (χ4n) is 2.62. The summed E-state index contributed by atoms with van der Waals surface area (Å²) in [5, 5.41) is 7.28. The molecular weight excluding hydrogens is 262 g/mol. The van der Waals surface area contributed by atoms with Gasteiger partial charge in [-0.2, -0.15) is 0 Å². The zero-order valence-corrected chi connectivity index (χ0v) is 11.2. The Hall–Kier alpha value is -1.75. The van der Waals surface area contributed by atoms with Crippen LogP contribution in [-0.4, -0.2) is 11.2 Å². The van der Waals surface area contributed by atoms with Crippen molar-refractivity contribution in [2.45, 2.75) is 38.3 Å². The Kier molecular flexibility index (Phi) is 3.53. The summed E-state index contributed by atoms with van der Waals surface area (Å²) in [5.41, 5.74) is 1.63. The molecule has 0 atom stereocenters. The van der Waals surface area contributed by atoms with Crippen LogP contribution in [0.2, 0.25) is 0 Å². The number of rotatable bonds is 4. The SMILES string of the molecule is Cc1cc(CNC2CC(c3cc(F)cc(F)c3)C2)no1. The van der Waals surface area contributed by atoms with Crippen LogP contribution >= 0.6 is 0 Å². The quantitative estimate of drug-likeness (QED) is 0.932. The molecule has 0 unspecified atom stereocenters. The van der Waals surface area contributed by atoms with Crippen molar-refractivity contribution in [3.05, 3.63) is 52.9 Å². The maximum atomic E-state index is 13.1. The third-order valence-electron chi connectivity index (χ3n) is 3.74. The highest BCUT2D eigenvalue weighted by atomic mass is 19.1. The molecule has 106 valence electrons. The summed E-state index contributed by atoms with van der Waals surface area (Å²) in [4.78, 5) is 0. The van der Waals surface area contributed by atoms with Gasteiger partial charge in [-0.15, -0.1) is 0 Å². The second-order valence-electron chi connectivity index (χ2n) is 5.38. The smallest absolute Gasteiger partial charge is 0.133 e. The largest absolute Gasteiger partial charge is 0.361 e. The lowest BCUT2D eigenvalue weighted by molar-refractivity contribution is 0.285. The number of hydrogen-bond donors (Lipinski definition) is 1. The molecule has 20 heavy (non-hydrogen) atoms. The van der Waals surface area contributed by atoms with Gasteiger partial charge in [0.2, 0.25) is 0 Å². The van der Waals surface area contributed by atoms with Gasteiger partial charge in [-0.05, 0) is 43.4 Å². The number of nitrogens with one attached hydrogen (secondary N) is 1. The van der Waals surface area contributed by atoms with E-state index in [1.807, 2.05) is 13.0 Å². The molecular formula is C15H16F2N2O. The van der Waals surface area contributed by atoms with E-state index in [9.17, 15) is 8.78 Å². The van der Waals surface area contributed by atoms with Crippen molar-refractivity contribution in [3.63, 3.8) is 0 Å². The Bertz CT molecular complexity index is 585. The Morgan fingerprint density at radius 2 is 1.90 bits per heavy atom. The molecule has 0 amide bonds. The van der Waals surface area contributed by atoms with E-state index in [1.165, 1.54) is 12.1 Å². The van der Waals surface area contributed by atoms with Crippen LogP contribution < -0.4 is 5.32 Å². The van der Waals surface area contributed by atoms with E-state index >= 15 is 0 Å². The Labute approximate surface area is 116 Å². The Balaban J connectivity index is 1.51. The van der Waals surface area contributed by atoms with Gasteiger partial charge >= 0.3 is 0 Å². The van der Waals surface area contributed by atoms with Gasteiger partial charge in [0, 0.05) is 24.7 Å². The van der Waals surface area contributed by atoms with Gasteiger partial charge in [-0.1, -0.05) is 5.16 Å². The molecule has 1 saturated carbocycles. The predicted octanol–water partition coefficient (Wildman–Crippen LogP) is 3.30. The summed E-state index contributed by atoms with van der Waals surface area (Å²) < 4.78 is 31.3. The summed E-state index contributed by atoms with van der Waals surface area (Å²) in [7, 11) is 0. The molecule has 2 aromatic rings. The molecule has 0 saturated heterocycles. The van der Waals surface area contributed by atoms with Crippen molar-refractivity contribution >= 4 is 0 Å². The zero-order chi connectivity index (χ0) is 14.1. The predicted molar refractivity (Wildman–Crippen MR) is 70.2 cm³/mol. The summed E-state index contributed by atoms with van der Waals surface area (Å²) in [6, 6.07) is 6.01. The van der Waals surface area contributed by atoms with Gasteiger partial charge in [0.25, 0.3) is 0 Å². The number of halogens is 2. The fourth-order valence-corrected chi connectivity index (χ4v) is 2.62. The van der Waals surface area contributed by atoms with Crippen LogP contribution in [0, 0.1) is 18.6 Å². The molecule has 5 heteroatoms. The lowest BCUT2D eigenvalue weighted by Gasteiger charge is -2.36. The van der Waals surface area contributed by atoms with E-state index in [0.29, 0.717) is 12.6 Å². The van der Waals surface area contributed by atoms with Crippen LogP contribution in [-0.2, 0) is 6.54 Å². The van der Waals surface area contributed by atoms with Crippen molar-refractivity contribution in [3.8, 4) is 0 Å². The van der Waals surface area contributed by atoms with Crippen LogP contribution in [0.1, 0.15) is 35.8 Å². The third kappa shape index (κ3) is 2.88. The van der Waals surface area contributed by atoms with Crippen LogP contribution in [0.5, 0.6) is 0 Å². The highest BCUT2D eigenvalue weighted by Crippen LogP contribution is 2.37. The van der Waals surface area contributed by atoms with Crippen molar-refractivity contribution in [2.75, 3.05) is 0 Å². The molecule has 1 aromatic heterocycles. The maximum absolute atomic E-state index is 13.1. The zero-order valence-electron chi connectivity index (χ0n) is 11.2. The van der Waals surface area contributed by atoms with Crippen LogP contribution in [0.3, 0.4) is 0 Å². The van der Waals surface area contributed by atoms with Crippen LogP contribution in [0.25, 0.3) is 0 Å². The lowest BCUT2D eigenvalue weighted by Crippen LogP contribution is -2.39. The first-order valence-electron chi connectivity index (χ1n) is 6.72. The standard InChI is InChI=1S/C15H16F2N2O/c1-9-2-15(19-20-9)8-18-14-5-11(6-14)10-3-12(16)7-13(17)4-10/h2-4,7,11,14,18H,5-6,8H2,1H3. The van der Waals surface area contributed by atoms with Crippen molar-refractivity contribution < 1.29 is 13.3 Å². The minimum Gasteiger partial charge on any atom is -0.361 e. The molecule has 1 heterocycles. The van der Waals surface area contributed by atoms with Crippen molar-refractivity contribution in [2.24, 2.45) is 0 Å². The molecule has 3 nitrogen and oxygen atoms in total. The second-order valence-corrected chi connectivity index (χ2v) is 5.38. The van der Waals surface area contributed by atoms with E-state index < -0.39 is 11.6 Å². The van der Waals surface area contributed by atoms with Gasteiger partial charge < -0.3 is 9.84 Å². The molecule has 0 radical (unpaired) electrons. The summed E-state index contributed by atoms with van der Waals surface area (Å²) >= 11 is 0. The third-order valence-corrected chi connectivity index (χ3v) is 3.74. The highest BCUT2D eigenvalue weighted by Gasteiger charge is 2.30. The van der Waals surface area contributed by atoms with Crippen LogP contribution in [0.4, 0.5) is 8.78 Å². The summed E-state index contributed by atoms with van der Waals surface area (Å²) in [6.07, 6.45) is 1.78. The first kappa shape index (κ1) is 13.2. The minimum absolute atomic E-state index is 0.233. The molecule has 1 aliphatic carbocycles. The van der Waals surface area contributed by atoms with Gasteiger partial charge in [-0.3, -0.25) is 0 Å². The summed E-state index contributed by atoms with van der Waals surface area (Å²) in [6.45, 7) is 2.51. The van der Waals surface area contributed by atoms with E-state index in [4.69, 9.17) is 4.52 Å². The van der Waals surface area contributed by atoms with E-state index in [2.05, 4.69) is 10.5 Å². The fraction of sp³-hybridized carbons (Fsp3) is 0.400.